The molecule has 2 heterocycles. The van der Waals surface area contributed by atoms with Gasteiger partial charge in [0.25, 0.3) is 5.91 Å². The lowest BCUT2D eigenvalue weighted by molar-refractivity contribution is -0.137. The van der Waals surface area contributed by atoms with Gasteiger partial charge < -0.3 is 10.1 Å². The maximum Gasteiger partial charge on any atom is 0.416 e. The number of benzene rings is 2. The molecule has 0 saturated carbocycles. The number of halogens is 3. The Bertz CT molecular complexity index is 1200. The second-order valence-electron chi connectivity index (χ2n) is 8.30. The van der Waals surface area contributed by atoms with Crippen LogP contribution in [0.2, 0.25) is 0 Å². The molecule has 6 nitrogen and oxygen atoms in total. The van der Waals surface area contributed by atoms with Crippen molar-refractivity contribution in [2.45, 2.75) is 24.7 Å². The van der Waals surface area contributed by atoms with Crippen LogP contribution in [0.25, 0.3) is 0 Å². The fourth-order valence-corrected chi connectivity index (χ4v) is 4.25. The van der Waals surface area contributed by atoms with Gasteiger partial charge in [0.15, 0.2) is 0 Å². The smallest absolute Gasteiger partial charge is 0.416 e. The third-order valence-electron chi connectivity index (χ3n) is 6.03. The van der Waals surface area contributed by atoms with Gasteiger partial charge in [0.1, 0.15) is 0 Å². The number of hydrogen-bond acceptors (Lipinski definition) is 5. The molecule has 1 unspecified atom stereocenters. The highest BCUT2D eigenvalue weighted by Crippen LogP contribution is 2.32. The first-order valence-corrected chi connectivity index (χ1v) is 11.0. The lowest BCUT2D eigenvalue weighted by Crippen LogP contribution is -2.38. The van der Waals surface area contributed by atoms with E-state index in [0.29, 0.717) is 31.0 Å². The van der Waals surface area contributed by atoms with Crippen molar-refractivity contribution in [2.75, 3.05) is 20.2 Å². The molecule has 0 aliphatic carbocycles. The summed E-state index contributed by atoms with van der Waals surface area (Å²) in [5.41, 5.74) is 1.86. The monoisotopic (exact) mass is 480 g/mol. The molecule has 2 aromatic carbocycles. The van der Waals surface area contributed by atoms with E-state index in [1.165, 1.54) is 12.1 Å². The Morgan fingerprint density at radius 1 is 1.11 bits per heavy atom. The van der Waals surface area contributed by atoms with Crippen LogP contribution in [0.3, 0.4) is 0 Å². The summed E-state index contributed by atoms with van der Waals surface area (Å²) in [6.45, 7) is 1.23. The Labute approximate surface area is 201 Å². The molecule has 2 atom stereocenters. The van der Waals surface area contributed by atoms with Crippen LogP contribution in [0.5, 0.6) is 5.88 Å². The maximum atomic E-state index is 12.8. The fraction of sp³-hybridized carbons (Fsp3) is 0.269. The van der Waals surface area contributed by atoms with Crippen LogP contribution in [0.15, 0.2) is 66.9 Å². The van der Waals surface area contributed by atoms with Crippen molar-refractivity contribution >= 4 is 5.91 Å². The number of amides is 1. The lowest BCUT2D eigenvalue weighted by atomic mass is 9.97. The number of carbonyl (C=O) groups excluding carboxylic acids is 1. The maximum absolute atomic E-state index is 12.8. The van der Waals surface area contributed by atoms with Crippen molar-refractivity contribution in [3.8, 4) is 11.9 Å². The van der Waals surface area contributed by atoms with Crippen LogP contribution in [0.4, 0.5) is 13.2 Å². The van der Waals surface area contributed by atoms with Gasteiger partial charge in [-0.25, -0.2) is 4.98 Å². The number of nitriles is 1. The first-order valence-electron chi connectivity index (χ1n) is 11.0. The summed E-state index contributed by atoms with van der Waals surface area (Å²) in [6.07, 6.45) is -2.02. The van der Waals surface area contributed by atoms with Crippen LogP contribution >= 0.6 is 0 Å². The summed E-state index contributed by atoms with van der Waals surface area (Å²) in [7, 11) is 1.55. The van der Waals surface area contributed by atoms with Crippen molar-refractivity contribution in [2.24, 2.45) is 0 Å². The highest BCUT2D eigenvalue weighted by Gasteiger charge is 2.32. The topological polar surface area (TPSA) is 78.2 Å². The van der Waals surface area contributed by atoms with Gasteiger partial charge in [-0.15, -0.1) is 0 Å². The zero-order chi connectivity index (χ0) is 25.0. The zero-order valence-electron chi connectivity index (χ0n) is 18.9. The molecular formula is C26H23F3N4O2. The molecular weight excluding hydrogens is 457 g/mol. The summed E-state index contributed by atoms with van der Waals surface area (Å²) in [6, 6.07) is 17.0. The van der Waals surface area contributed by atoms with E-state index in [0.717, 1.165) is 23.3 Å². The first-order chi connectivity index (χ1) is 16.8. The number of nitrogens with one attached hydrogen (secondary N) is 1. The molecule has 9 heteroatoms. The van der Waals surface area contributed by atoms with Crippen LogP contribution in [-0.2, 0) is 6.18 Å². The van der Waals surface area contributed by atoms with Gasteiger partial charge in [0.05, 0.1) is 30.3 Å². The Morgan fingerprint density at radius 3 is 2.37 bits per heavy atom. The average Bonchev–Trinajstić information content (AvgIpc) is 3.32. The number of alkyl halides is 3. The van der Waals surface area contributed by atoms with Crippen LogP contribution in [-0.4, -0.2) is 42.0 Å². The lowest BCUT2D eigenvalue weighted by Gasteiger charge is -2.29. The molecule has 1 aromatic heterocycles. The second kappa shape index (κ2) is 10.2. The molecule has 1 aliphatic heterocycles. The number of rotatable bonds is 6. The summed E-state index contributed by atoms with van der Waals surface area (Å²) in [5, 5.41) is 12.1. The predicted octanol–water partition coefficient (Wildman–Crippen LogP) is 4.57. The Hall–Kier alpha value is -3.90. The minimum atomic E-state index is -4.45. The standard InChI is InChI=1S/C26H23F3N4O2/c1-35-23-11-8-20(15-31-23)24(18-4-2-17(14-30)3-5-18)33-13-12-22(16-33)32-25(34)19-6-9-21(10-7-19)26(27,28)29/h2-11,15,22,24H,12-13,16H2,1H3,(H,32,34)/t22?,24-/m1/s1. The van der Waals surface area contributed by atoms with Gasteiger partial charge in [0.2, 0.25) is 5.88 Å². The summed E-state index contributed by atoms with van der Waals surface area (Å²) in [5.74, 6) is 0.0852. The molecule has 0 spiro atoms. The van der Waals surface area contributed by atoms with Crippen LogP contribution in [0, 0.1) is 11.3 Å². The number of methoxy groups -OCH3 is 1. The second-order valence-corrected chi connectivity index (χ2v) is 8.30. The molecule has 0 bridgehead atoms. The minimum absolute atomic E-state index is 0.158. The van der Waals surface area contributed by atoms with Crippen molar-refractivity contribution < 1.29 is 22.7 Å². The van der Waals surface area contributed by atoms with Crippen molar-refractivity contribution in [3.05, 3.63) is 94.7 Å². The number of ether oxygens (including phenoxy) is 1. The Morgan fingerprint density at radius 2 is 1.80 bits per heavy atom. The summed E-state index contributed by atoms with van der Waals surface area (Å²) >= 11 is 0. The van der Waals surface area contributed by atoms with Crippen molar-refractivity contribution in [3.63, 3.8) is 0 Å². The van der Waals surface area contributed by atoms with Gasteiger partial charge in [-0.1, -0.05) is 18.2 Å². The van der Waals surface area contributed by atoms with E-state index in [4.69, 9.17) is 10.00 Å². The predicted molar refractivity (Wildman–Crippen MR) is 123 cm³/mol. The molecule has 1 N–H and O–H groups in total. The zero-order valence-corrected chi connectivity index (χ0v) is 18.9. The van der Waals surface area contributed by atoms with E-state index >= 15 is 0 Å². The fourth-order valence-electron chi connectivity index (χ4n) is 4.25. The van der Waals surface area contributed by atoms with Crippen molar-refractivity contribution in [1.29, 1.82) is 5.26 Å². The van der Waals surface area contributed by atoms with E-state index in [1.807, 2.05) is 18.2 Å². The molecule has 1 fully saturated rings. The molecule has 0 radical (unpaired) electrons. The summed E-state index contributed by atoms with van der Waals surface area (Å²) in [4.78, 5) is 19.2. The third-order valence-corrected chi connectivity index (χ3v) is 6.03. The Kier molecular flexibility index (Phi) is 7.03. The number of likely N-dealkylation sites (tertiary alicyclic amines) is 1. The number of carbonyl (C=O) groups is 1. The SMILES string of the molecule is COc1ccc([C@@H](c2ccc(C#N)cc2)N2CCC(NC(=O)c3ccc(C(F)(F)F)cc3)C2)cn1. The van der Waals surface area contributed by atoms with Crippen LogP contribution in [0.1, 0.15) is 45.1 Å². The van der Waals surface area contributed by atoms with E-state index in [2.05, 4.69) is 21.3 Å². The quantitative estimate of drug-likeness (QED) is 0.559. The number of nitrogens with zero attached hydrogens (tertiary/aromatic N) is 3. The molecule has 35 heavy (non-hydrogen) atoms. The normalized spacial score (nSPS) is 16.9. The first kappa shape index (κ1) is 24.2. The van der Waals surface area contributed by atoms with Crippen molar-refractivity contribution in [1.82, 2.24) is 15.2 Å². The molecule has 4 rings (SSSR count). The number of aromatic nitrogens is 1. The Balaban J connectivity index is 1.50. The van der Waals surface area contributed by atoms with Gasteiger partial charge in [-0.3, -0.25) is 9.69 Å². The third kappa shape index (κ3) is 5.61. The van der Waals surface area contributed by atoms with E-state index in [1.54, 1.807) is 31.5 Å². The van der Waals surface area contributed by atoms with E-state index in [-0.39, 0.29) is 17.6 Å². The highest BCUT2D eigenvalue weighted by atomic mass is 19.4. The van der Waals surface area contributed by atoms with Gasteiger partial charge in [-0.05, 0) is 53.9 Å². The van der Waals surface area contributed by atoms with Gasteiger partial charge >= 0.3 is 6.18 Å². The largest absolute Gasteiger partial charge is 0.481 e. The average molecular weight is 480 g/mol. The highest BCUT2D eigenvalue weighted by molar-refractivity contribution is 5.94. The summed E-state index contributed by atoms with van der Waals surface area (Å²) < 4.78 is 43.6. The molecule has 1 aliphatic rings. The molecule has 1 saturated heterocycles. The molecule has 1 amide bonds. The van der Waals surface area contributed by atoms with Gasteiger partial charge in [-0.2, -0.15) is 18.4 Å². The molecule has 3 aromatic rings. The minimum Gasteiger partial charge on any atom is -0.481 e. The van der Waals surface area contributed by atoms with Crippen LogP contribution < -0.4 is 10.1 Å². The van der Waals surface area contributed by atoms with E-state index < -0.39 is 17.6 Å². The number of pyridine rings is 1. The number of hydrogen-bond donors (Lipinski definition) is 1. The van der Waals surface area contributed by atoms with E-state index in [9.17, 15) is 18.0 Å². The van der Waals surface area contributed by atoms with Gasteiger partial charge in [0, 0.05) is 37.0 Å². The molecule has 180 valence electrons.